The number of fused-ring (bicyclic) bond motifs is 1. The fraction of sp³-hybridized carbons (Fsp3) is 0.389. The molecule has 0 saturated carbocycles. The largest absolute Gasteiger partial charge is 0.480 e. The fourth-order valence-electron chi connectivity index (χ4n) is 2.78. The number of nitro groups is 1. The minimum atomic E-state index is -1.12. The number of benzene rings is 1. The highest BCUT2D eigenvalue weighted by molar-refractivity contribution is 5.92. The number of likely N-dealkylation sites (N-methyl/N-ethyl adjacent to an activating group) is 1. The van der Waals surface area contributed by atoms with Gasteiger partial charge in [0.05, 0.1) is 10.3 Å². The van der Waals surface area contributed by atoms with Crippen LogP contribution in [0.2, 0.25) is 0 Å². The number of aliphatic carboxylic acids is 1. The summed E-state index contributed by atoms with van der Waals surface area (Å²) in [5, 5.41) is 20.7. The Kier molecular flexibility index (Phi) is 6.69. The van der Waals surface area contributed by atoms with Crippen LogP contribution in [0.4, 0.5) is 10.5 Å². The molecule has 2 atom stereocenters. The summed E-state index contributed by atoms with van der Waals surface area (Å²) in [5.74, 6) is -1.19. The summed E-state index contributed by atoms with van der Waals surface area (Å²) in [7, 11) is 1.34. The van der Waals surface area contributed by atoms with Crippen LogP contribution in [0.5, 0.6) is 5.75 Å². The highest BCUT2D eigenvalue weighted by Crippen LogP contribution is 2.31. The van der Waals surface area contributed by atoms with Crippen molar-refractivity contribution in [3.63, 3.8) is 0 Å². The zero-order valence-electron chi connectivity index (χ0n) is 15.7. The molecule has 0 fully saturated rings. The van der Waals surface area contributed by atoms with Crippen LogP contribution in [0.25, 0.3) is 10.9 Å². The lowest BCUT2D eigenvalue weighted by molar-refractivity contribution is -0.383. The molecule has 10 nitrogen and oxygen atoms in total. The number of rotatable bonds is 8. The molecule has 28 heavy (non-hydrogen) atoms. The molecule has 1 amide bonds. The van der Waals surface area contributed by atoms with Crippen LogP contribution in [0, 0.1) is 16.0 Å². The van der Waals surface area contributed by atoms with Gasteiger partial charge >= 0.3 is 12.1 Å². The fourth-order valence-corrected chi connectivity index (χ4v) is 2.78. The van der Waals surface area contributed by atoms with E-state index in [9.17, 15) is 24.8 Å². The van der Waals surface area contributed by atoms with Gasteiger partial charge in [-0.05, 0) is 24.1 Å². The Balaban J connectivity index is 2.09. The molecule has 0 saturated heterocycles. The van der Waals surface area contributed by atoms with E-state index in [1.165, 1.54) is 31.4 Å². The number of carbonyl (C=O) groups is 2. The van der Waals surface area contributed by atoms with E-state index < -0.39 is 29.8 Å². The molecular formula is C18H21N3O7. The number of carbonyl (C=O) groups excluding carboxylic acids is 1. The van der Waals surface area contributed by atoms with Crippen molar-refractivity contribution in [2.45, 2.75) is 26.3 Å². The summed E-state index contributed by atoms with van der Waals surface area (Å²) in [4.78, 5) is 39.3. The number of carboxylic acid groups (broad SMARTS) is 1. The third kappa shape index (κ3) is 4.45. The zero-order valence-corrected chi connectivity index (χ0v) is 15.7. The number of hydrogen-bond donors (Lipinski definition) is 1. The lowest BCUT2D eigenvalue weighted by Gasteiger charge is -2.28. The molecule has 1 aromatic heterocycles. The molecule has 10 heteroatoms. The normalized spacial score (nSPS) is 12.8. The summed E-state index contributed by atoms with van der Waals surface area (Å²) < 4.78 is 10.4. The molecule has 0 aliphatic rings. The number of amides is 1. The van der Waals surface area contributed by atoms with Crippen LogP contribution in [-0.4, -0.2) is 51.9 Å². The second-order valence-corrected chi connectivity index (χ2v) is 6.19. The molecule has 0 aliphatic heterocycles. The molecule has 1 heterocycles. The Hall–Kier alpha value is -3.43. The third-order valence-corrected chi connectivity index (χ3v) is 4.44. The average Bonchev–Trinajstić information content (AvgIpc) is 2.67. The molecule has 1 aromatic carbocycles. The van der Waals surface area contributed by atoms with Gasteiger partial charge in [-0.2, -0.15) is 0 Å². The van der Waals surface area contributed by atoms with Crippen molar-refractivity contribution in [3.05, 3.63) is 40.6 Å². The minimum Gasteiger partial charge on any atom is -0.480 e. The number of non-ortho nitro benzene ring substituents is 1. The lowest BCUT2D eigenvalue weighted by atomic mass is 9.98. The van der Waals surface area contributed by atoms with E-state index >= 15 is 0 Å². The Morgan fingerprint density at radius 2 is 2.07 bits per heavy atom. The first-order valence-corrected chi connectivity index (χ1v) is 8.55. The van der Waals surface area contributed by atoms with Crippen LogP contribution in [-0.2, 0) is 9.53 Å². The van der Waals surface area contributed by atoms with Crippen molar-refractivity contribution in [3.8, 4) is 5.75 Å². The summed E-state index contributed by atoms with van der Waals surface area (Å²) >= 11 is 0. The highest BCUT2D eigenvalue weighted by Gasteiger charge is 2.32. The number of carboxylic acids is 1. The second kappa shape index (κ2) is 8.98. The van der Waals surface area contributed by atoms with Gasteiger partial charge in [-0.25, -0.2) is 9.59 Å². The Bertz CT molecular complexity index is 887. The smallest absolute Gasteiger partial charge is 0.413 e. The van der Waals surface area contributed by atoms with Crippen LogP contribution in [0.1, 0.15) is 20.3 Å². The molecule has 2 rings (SSSR count). The quantitative estimate of drug-likeness (QED) is 0.412. The molecule has 150 valence electrons. The first kappa shape index (κ1) is 20.9. The van der Waals surface area contributed by atoms with E-state index in [0.29, 0.717) is 6.42 Å². The lowest BCUT2D eigenvalue weighted by Crippen LogP contribution is -2.46. The minimum absolute atomic E-state index is 0.120. The van der Waals surface area contributed by atoms with Crippen molar-refractivity contribution in [1.29, 1.82) is 0 Å². The van der Waals surface area contributed by atoms with Crippen LogP contribution in [0.15, 0.2) is 30.5 Å². The number of aromatic nitrogens is 1. The average molecular weight is 391 g/mol. The second-order valence-electron chi connectivity index (χ2n) is 6.19. The van der Waals surface area contributed by atoms with Crippen LogP contribution in [0.3, 0.4) is 0 Å². The summed E-state index contributed by atoms with van der Waals surface area (Å²) in [5.41, 5.74) is 0.133. The molecule has 2 unspecified atom stereocenters. The van der Waals surface area contributed by atoms with Crippen molar-refractivity contribution < 1.29 is 29.1 Å². The first-order chi connectivity index (χ1) is 13.3. The number of pyridine rings is 1. The first-order valence-electron chi connectivity index (χ1n) is 8.55. The molecule has 0 radical (unpaired) electrons. The standard InChI is InChI=1S/C18H21N3O7/c1-4-11(2)16(17(22)23)20(3)18(24)28-10-27-14-8-7-13(21(25)26)12-6-5-9-19-15(12)14/h5-9,11,16H,4,10H2,1-3H3,(H,22,23). The van der Waals surface area contributed by atoms with Gasteiger partial charge in [0.1, 0.15) is 17.3 Å². The number of hydrogen-bond acceptors (Lipinski definition) is 7. The van der Waals surface area contributed by atoms with Gasteiger partial charge in [-0.1, -0.05) is 20.3 Å². The molecular weight excluding hydrogens is 370 g/mol. The predicted octanol–water partition coefficient (Wildman–Crippen LogP) is 3.05. The van der Waals surface area contributed by atoms with Crippen molar-refractivity contribution in [2.75, 3.05) is 13.8 Å². The van der Waals surface area contributed by atoms with Gasteiger partial charge in [0.25, 0.3) is 5.69 Å². The van der Waals surface area contributed by atoms with E-state index in [-0.39, 0.29) is 28.3 Å². The highest BCUT2D eigenvalue weighted by atomic mass is 16.7. The summed E-state index contributed by atoms with van der Waals surface area (Å²) in [6.45, 7) is 3.06. The zero-order chi connectivity index (χ0) is 20.8. The maximum atomic E-state index is 12.2. The van der Waals surface area contributed by atoms with Crippen molar-refractivity contribution in [1.82, 2.24) is 9.88 Å². The van der Waals surface area contributed by atoms with Gasteiger partial charge in [0.2, 0.25) is 6.79 Å². The Labute approximate surface area is 160 Å². The van der Waals surface area contributed by atoms with E-state index in [2.05, 4.69) is 4.98 Å². The molecule has 0 aliphatic carbocycles. The maximum Gasteiger partial charge on any atom is 0.413 e. The molecule has 0 spiro atoms. The predicted molar refractivity (Wildman–Crippen MR) is 99.0 cm³/mol. The SMILES string of the molecule is CCC(C)C(C(=O)O)N(C)C(=O)OCOc1ccc([N+](=O)[O-])c2cccnc12. The third-order valence-electron chi connectivity index (χ3n) is 4.44. The van der Waals surface area contributed by atoms with E-state index in [1.807, 2.05) is 6.92 Å². The van der Waals surface area contributed by atoms with Gasteiger partial charge in [-0.3, -0.25) is 20.0 Å². The topological polar surface area (TPSA) is 132 Å². The van der Waals surface area contributed by atoms with E-state index in [1.54, 1.807) is 13.0 Å². The monoisotopic (exact) mass is 391 g/mol. The van der Waals surface area contributed by atoms with Gasteiger partial charge in [0, 0.05) is 19.3 Å². The van der Waals surface area contributed by atoms with Gasteiger partial charge in [-0.15, -0.1) is 0 Å². The number of nitro benzene ring substituents is 1. The van der Waals surface area contributed by atoms with Crippen LogP contribution >= 0.6 is 0 Å². The van der Waals surface area contributed by atoms with Gasteiger partial charge in [0.15, 0.2) is 0 Å². The molecule has 2 aromatic rings. The summed E-state index contributed by atoms with van der Waals surface area (Å²) in [6, 6.07) is 4.71. The molecule has 1 N–H and O–H groups in total. The molecule has 0 bridgehead atoms. The Morgan fingerprint density at radius 1 is 1.36 bits per heavy atom. The number of ether oxygens (including phenoxy) is 2. The van der Waals surface area contributed by atoms with Crippen molar-refractivity contribution >= 4 is 28.7 Å². The van der Waals surface area contributed by atoms with E-state index in [0.717, 1.165) is 4.90 Å². The van der Waals surface area contributed by atoms with Crippen LogP contribution < -0.4 is 4.74 Å². The summed E-state index contributed by atoms with van der Waals surface area (Å²) in [6.07, 6.45) is 1.18. The van der Waals surface area contributed by atoms with E-state index in [4.69, 9.17) is 9.47 Å². The maximum absolute atomic E-state index is 12.2. The Morgan fingerprint density at radius 3 is 2.68 bits per heavy atom. The number of nitrogens with zero attached hydrogens (tertiary/aromatic N) is 3. The van der Waals surface area contributed by atoms with Gasteiger partial charge < -0.3 is 14.6 Å². The van der Waals surface area contributed by atoms with Crippen molar-refractivity contribution in [2.24, 2.45) is 5.92 Å².